The van der Waals surface area contributed by atoms with Gasteiger partial charge in [0.2, 0.25) is 0 Å². The first kappa shape index (κ1) is 17.4. The number of nitrogens with zero attached hydrogens (tertiary/aromatic N) is 7. The standard InChI is InChI=1S/C19H20FN7S/c1-12-14-10-21-19(16-11-22-28-25-16)23-15(14)4-7-27(12)18-9-13(20)8-17(24-18)26-5-2-3-6-26/h8-12H,2-7H2,1H3. The molecule has 1 unspecified atom stereocenters. The Bertz CT molecular complexity index is 988. The predicted octanol–water partition coefficient (Wildman–Crippen LogP) is 3.25. The highest BCUT2D eigenvalue weighted by Gasteiger charge is 2.28. The molecule has 0 spiro atoms. The van der Waals surface area contributed by atoms with Crippen LogP contribution in [0.1, 0.15) is 37.1 Å². The smallest absolute Gasteiger partial charge is 0.181 e. The largest absolute Gasteiger partial charge is 0.356 e. The molecule has 1 fully saturated rings. The zero-order valence-electron chi connectivity index (χ0n) is 15.5. The van der Waals surface area contributed by atoms with Crippen LogP contribution in [0.2, 0.25) is 0 Å². The Kier molecular flexibility index (Phi) is 4.38. The summed E-state index contributed by atoms with van der Waals surface area (Å²) in [7, 11) is 0. The van der Waals surface area contributed by atoms with Crippen LogP contribution >= 0.6 is 11.7 Å². The molecule has 3 aromatic heterocycles. The predicted molar refractivity (Wildman–Crippen MR) is 106 cm³/mol. The first-order valence-corrected chi connectivity index (χ1v) is 10.2. The van der Waals surface area contributed by atoms with Crippen LogP contribution in [0.5, 0.6) is 0 Å². The van der Waals surface area contributed by atoms with Gasteiger partial charge in [0.1, 0.15) is 23.1 Å². The van der Waals surface area contributed by atoms with Crippen molar-refractivity contribution in [1.82, 2.24) is 23.7 Å². The van der Waals surface area contributed by atoms with Crippen molar-refractivity contribution >= 4 is 23.4 Å². The topological polar surface area (TPSA) is 70.9 Å². The Morgan fingerprint density at radius 3 is 2.68 bits per heavy atom. The molecule has 9 heteroatoms. The zero-order chi connectivity index (χ0) is 19.1. The van der Waals surface area contributed by atoms with Crippen LogP contribution in [0.15, 0.2) is 24.5 Å². The van der Waals surface area contributed by atoms with Crippen LogP contribution in [0.3, 0.4) is 0 Å². The summed E-state index contributed by atoms with van der Waals surface area (Å²) in [4.78, 5) is 18.2. The highest BCUT2D eigenvalue weighted by Crippen LogP contribution is 2.34. The van der Waals surface area contributed by atoms with Crippen molar-refractivity contribution < 1.29 is 4.39 Å². The fourth-order valence-corrected chi connectivity index (χ4v) is 4.40. The molecular weight excluding hydrogens is 377 g/mol. The molecule has 0 radical (unpaired) electrons. The van der Waals surface area contributed by atoms with E-state index < -0.39 is 0 Å². The van der Waals surface area contributed by atoms with Crippen LogP contribution in [0.25, 0.3) is 11.5 Å². The number of anilines is 2. The second-order valence-electron chi connectivity index (χ2n) is 7.20. The number of aromatic nitrogens is 5. The first-order chi connectivity index (χ1) is 13.7. The van der Waals surface area contributed by atoms with Gasteiger partial charge < -0.3 is 9.80 Å². The number of fused-ring (bicyclic) bond motifs is 1. The molecule has 0 bridgehead atoms. The van der Waals surface area contributed by atoms with Crippen molar-refractivity contribution in [2.75, 3.05) is 29.4 Å². The molecule has 5 heterocycles. The van der Waals surface area contributed by atoms with Gasteiger partial charge in [-0.3, -0.25) is 0 Å². The number of hydrogen-bond donors (Lipinski definition) is 0. The minimum absolute atomic E-state index is 0.0205. The molecule has 2 aliphatic rings. The lowest BCUT2D eigenvalue weighted by molar-refractivity contribution is 0.590. The van der Waals surface area contributed by atoms with Crippen molar-refractivity contribution in [3.05, 3.63) is 41.6 Å². The van der Waals surface area contributed by atoms with Crippen molar-refractivity contribution in [2.24, 2.45) is 0 Å². The van der Waals surface area contributed by atoms with E-state index in [1.807, 2.05) is 6.20 Å². The van der Waals surface area contributed by atoms with Crippen molar-refractivity contribution in [1.29, 1.82) is 0 Å². The maximum Gasteiger partial charge on any atom is 0.181 e. The summed E-state index contributed by atoms with van der Waals surface area (Å²) >= 11 is 1.15. The average molecular weight is 397 g/mol. The van der Waals surface area contributed by atoms with Crippen LogP contribution in [-0.2, 0) is 6.42 Å². The van der Waals surface area contributed by atoms with Gasteiger partial charge in [-0.1, -0.05) is 0 Å². The number of hydrogen-bond acceptors (Lipinski definition) is 8. The van der Waals surface area contributed by atoms with Crippen LogP contribution in [0, 0.1) is 5.82 Å². The summed E-state index contributed by atoms with van der Waals surface area (Å²) in [5.74, 6) is 1.77. The Balaban J connectivity index is 1.45. The summed E-state index contributed by atoms with van der Waals surface area (Å²) in [5.41, 5.74) is 2.76. The summed E-state index contributed by atoms with van der Waals surface area (Å²) in [6.45, 7) is 4.70. The van der Waals surface area contributed by atoms with Gasteiger partial charge in [-0.05, 0) is 19.8 Å². The quantitative estimate of drug-likeness (QED) is 0.672. The van der Waals surface area contributed by atoms with Gasteiger partial charge in [0, 0.05) is 49.9 Å². The first-order valence-electron chi connectivity index (χ1n) is 9.52. The Morgan fingerprint density at radius 1 is 1.07 bits per heavy atom. The second kappa shape index (κ2) is 7.05. The Morgan fingerprint density at radius 2 is 1.89 bits per heavy atom. The summed E-state index contributed by atoms with van der Waals surface area (Å²) < 4.78 is 22.6. The van der Waals surface area contributed by atoms with Crippen molar-refractivity contribution in [3.63, 3.8) is 0 Å². The van der Waals surface area contributed by atoms with E-state index in [1.54, 1.807) is 6.20 Å². The van der Waals surface area contributed by atoms with E-state index in [2.05, 4.69) is 30.5 Å². The molecule has 2 aliphatic heterocycles. The molecule has 0 aromatic carbocycles. The van der Waals surface area contributed by atoms with E-state index in [1.165, 1.54) is 12.1 Å². The normalized spacial score (nSPS) is 19.1. The van der Waals surface area contributed by atoms with E-state index in [-0.39, 0.29) is 11.9 Å². The SMILES string of the molecule is CC1c2cnc(-c3cnsn3)nc2CCN1c1cc(F)cc(N2CCCC2)n1. The fourth-order valence-electron chi connectivity index (χ4n) is 3.99. The highest BCUT2D eigenvalue weighted by molar-refractivity contribution is 6.99. The molecule has 144 valence electrons. The fraction of sp³-hybridized carbons (Fsp3) is 0.421. The average Bonchev–Trinajstić information content (AvgIpc) is 3.41. The zero-order valence-corrected chi connectivity index (χ0v) is 16.4. The van der Waals surface area contributed by atoms with Crippen LogP contribution in [0.4, 0.5) is 16.0 Å². The third-order valence-electron chi connectivity index (χ3n) is 5.48. The lowest BCUT2D eigenvalue weighted by Gasteiger charge is -2.36. The van der Waals surface area contributed by atoms with Crippen LogP contribution < -0.4 is 9.80 Å². The van der Waals surface area contributed by atoms with Gasteiger partial charge in [0.25, 0.3) is 0 Å². The third-order valence-corrected chi connectivity index (χ3v) is 5.96. The molecule has 0 amide bonds. The number of halogens is 1. The molecule has 28 heavy (non-hydrogen) atoms. The van der Waals surface area contributed by atoms with Gasteiger partial charge in [-0.15, -0.1) is 0 Å². The summed E-state index contributed by atoms with van der Waals surface area (Å²) in [5, 5.41) is 0. The van der Waals surface area contributed by atoms with Crippen LogP contribution in [-0.4, -0.2) is 43.3 Å². The molecule has 0 N–H and O–H groups in total. The van der Waals surface area contributed by atoms with Crippen molar-refractivity contribution in [3.8, 4) is 11.5 Å². The van der Waals surface area contributed by atoms with E-state index in [0.29, 0.717) is 17.3 Å². The molecule has 3 aromatic rings. The lowest BCUT2D eigenvalue weighted by atomic mass is 9.99. The Hall–Kier alpha value is -2.68. The third kappa shape index (κ3) is 3.09. The van der Waals surface area contributed by atoms with Gasteiger partial charge >= 0.3 is 0 Å². The molecule has 5 rings (SSSR count). The van der Waals surface area contributed by atoms with E-state index in [4.69, 9.17) is 9.97 Å². The van der Waals surface area contributed by atoms with Gasteiger partial charge in [0.05, 0.1) is 29.7 Å². The highest BCUT2D eigenvalue weighted by atomic mass is 32.1. The van der Waals surface area contributed by atoms with E-state index in [0.717, 1.165) is 67.7 Å². The molecule has 0 saturated carbocycles. The van der Waals surface area contributed by atoms with E-state index in [9.17, 15) is 4.39 Å². The lowest BCUT2D eigenvalue weighted by Crippen LogP contribution is -2.35. The molecule has 1 saturated heterocycles. The van der Waals surface area contributed by atoms with Gasteiger partial charge in [-0.25, -0.2) is 19.3 Å². The Labute approximate surface area is 166 Å². The van der Waals surface area contributed by atoms with Gasteiger partial charge in [-0.2, -0.15) is 8.75 Å². The van der Waals surface area contributed by atoms with Crippen molar-refractivity contribution in [2.45, 2.75) is 32.2 Å². The summed E-state index contributed by atoms with van der Waals surface area (Å²) in [6, 6.07) is 3.08. The monoisotopic (exact) mass is 397 g/mol. The molecule has 0 aliphatic carbocycles. The van der Waals surface area contributed by atoms with E-state index >= 15 is 0 Å². The summed E-state index contributed by atoms with van der Waals surface area (Å²) in [6.07, 6.45) is 6.56. The molecular formula is C19H20FN7S. The maximum atomic E-state index is 14.3. The van der Waals surface area contributed by atoms with Gasteiger partial charge in [0.15, 0.2) is 5.82 Å². The number of rotatable bonds is 3. The molecule has 7 nitrogen and oxygen atoms in total. The minimum atomic E-state index is -0.243. The second-order valence-corrected chi connectivity index (χ2v) is 7.76. The number of pyridine rings is 1. The maximum absolute atomic E-state index is 14.3. The molecule has 1 atom stereocenters. The minimum Gasteiger partial charge on any atom is -0.356 e.